The van der Waals surface area contributed by atoms with E-state index in [4.69, 9.17) is 11.6 Å². The summed E-state index contributed by atoms with van der Waals surface area (Å²) >= 11 is 7.46. The van der Waals surface area contributed by atoms with E-state index >= 15 is 0 Å². The van der Waals surface area contributed by atoms with Crippen LogP contribution >= 0.6 is 22.9 Å². The minimum Gasteiger partial charge on any atom is -0.387 e. The third-order valence-electron chi connectivity index (χ3n) is 2.99. The van der Waals surface area contributed by atoms with Gasteiger partial charge in [-0.05, 0) is 42.3 Å². The minimum atomic E-state index is -0.692. The summed E-state index contributed by atoms with van der Waals surface area (Å²) in [5, 5.41) is 17.0. The fourth-order valence-corrected chi connectivity index (χ4v) is 2.83. The first-order valence-electron chi connectivity index (χ1n) is 6.34. The number of hydrogen-bond acceptors (Lipinski definition) is 3. The molecule has 0 spiro atoms. The van der Waals surface area contributed by atoms with Gasteiger partial charge in [0.2, 0.25) is 0 Å². The Hall–Kier alpha value is -1.30. The lowest BCUT2D eigenvalue weighted by molar-refractivity contribution is 0.0906. The van der Waals surface area contributed by atoms with Gasteiger partial charge in [0.1, 0.15) is 5.69 Å². The highest BCUT2D eigenvalue weighted by atomic mass is 35.5. The Morgan fingerprint density at radius 3 is 2.90 bits per heavy atom. The Bertz CT molecular complexity index is 578. The van der Waals surface area contributed by atoms with Crippen LogP contribution in [0.1, 0.15) is 42.0 Å². The molecule has 0 saturated carbocycles. The molecule has 1 amide bonds. The third kappa shape index (κ3) is 3.42. The largest absolute Gasteiger partial charge is 0.387 e. The molecule has 0 aromatic carbocycles. The van der Waals surface area contributed by atoms with E-state index in [0.29, 0.717) is 10.7 Å². The molecule has 4 nitrogen and oxygen atoms in total. The molecule has 20 heavy (non-hydrogen) atoms. The van der Waals surface area contributed by atoms with Crippen molar-refractivity contribution in [2.75, 3.05) is 6.54 Å². The number of carbonyl (C=O) groups is 1. The van der Waals surface area contributed by atoms with Gasteiger partial charge in [-0.25, -0.2) is 0 Å². The van der Waals surface area contributed by atoms with E-state index in [9.17, 15) is 9.90 Å². The molecule has 2 aromatic heterocycles. The zero-order chi connectivity index (χ0) is 14.7. The van der Waals surface area contributed by atoms with Gasteiger partial charge in [-0.3, -0.25) is 4.79 Å². The van der Waals surface area contributed by atoms with Gasteiger partial charge in [0.25, 0.3) is 5.91 Å². The van der Waals surface area contributed by atoms with E-state index in [1.165, 1.54) is 11.3 Å². The highest BCUT2D eigenvalue weighted by Crippen LogP contribution is 2.19. The first-order chi connectivity index (χ1) is 9.49. The SMILES string of the molecule is CC(C)n1cc(Cl)cc1C(=O)NCC(O)c1ccsc1. The highest BCUT2D eigenvalue weighted by molar-refractivity contribution is 7.07. The molecule has 0 aliphatic heterocycles. The Kier molecular flexibility index (Phi) is 4.86. The van der Waals surface area contributed by atoms with Crippen LogP contribution in [-0.4, -0.2) is 22.1 Å². The van der Waals surface area contributed by atoms with Crippen LogP contribution in [0, 0.1) is 0 Å². The number of rotatable bonds is 5. The van der Waals surface area contributed by atoms with Crippen molar-refractivity contribution < 1.29 is 9.90 Å². The first kappa shape index (κ1) is 15.1. The lowest BCUT2D eigenvalue weighted by Gasteiger charge is -2.14. The summed E-state index contributed by atoms with van der Waals surface area (Å²) in [6.45, 7) is 4.14. The van der Waals surface area contributed by atoms with Gasteiger partial charge in [0, 0.05) is 18.8 Å². The molecular weight excluding hydrogens is 296 g/mol. The van der Waals surface area contributed by atoms with Crippen LogP contribution in [-0.2, 0) is 0 Å². The normalized spacial score (nSPS) is 12.7. The number of aromatic nitrogens is 1. The molecule has 108 valence electrons. The highest BCUT2D eigenvalue weighted by Gasteiger charge is 2.16. The maximum Gasteiger partial charge on any atom is 0.268 e. The van der Waals surface area contributed by atoms with Crippen LogP contribution in [0.4, 0.5) is 0 Å². The number of thiophene rings is 1. The number of amides is 1. The lowest BCUT2D eigenvalue weighted by atomic mass is 10.2. The van der Waals surface area contributed by atoms with Gasteiger partial charge in [-0.15, -0.1) is 0 Å². The second-order valence-electron chi connectivity index (χ2n) is 4.83. The minimum absolute atomic E-state index is 0.144. The smallest absolute Gasteiger partial charge is 0.268 e. The number of aliphatic hydroxyl groups excluding tert-OH is 1. The zero-order valence-electron chi connectivity index (χ0n) is 11.3. The van der Waals surface area contributed by atoms with Gasteiger partial charge in [-0.2, -0.15) is 11.3 Å². The van der Waals surface area contributed by atoms with Crippen LogP contribution in [0.3, 0.4) is 0 Å². The standard InChI is InChI=1S/C14H17ClN2O2S/c1-9(2)17-7-11(15)5-12(17)14(19)16-6-13(18)10-3-4-20-8-10/h3-5,7-9,13,18H,6H2,1-2H3,(H,16,19). The molecule has 2 aromatic rings. The number of halogens is 1. The predicted octanol–water partition coefficient (Wildman–Crippen LogP) is 3.25. The van der Waals surface area contributed by atoms with Gasteiger partial charge in [-0.1, -0.05) is 11.6 Å². The molecule has 0 aliphatic carbocycles. The molecule has 1 atom stereocenters. The van der Waals surface area contributed by atoms with Crippen molar-refractivity contribution in [3.8, 4) is 0 Å². The molecule has 6 heteroatoms. The van der Waals surface area contributed by atoms with Gasteiger partial charge in [0.05, 0.1) is 11.1 Å². The van der Waals surface area contributed by atoms with Crippen molar-refractivity contribution in [2.24, 2.45) is 0 Å². The summed E-state index contributed by atoms with van der Waals surface area (Å²) in [6.07, 6.45) is 1.04. The second kappa shape index (κ2) is 6.43. The number of nitrogens with zero attached hydrogens (tertiary/aromatic N) is 1. The molecule has 1 unspecified atom stereocenters. The van der Waals surface area contributed by atoms with Crippen molar-refractivity contribution in [1.29, 1.82) is 0 Å². The Balaban J connectivity index is 2.02. The summed E-state index contributed by atoms with van der Waals surface area (Å²) in [4.78, 5) is 12.2. The molecule has 0 fully saturated rings. The maximum absolute atomic E-state index is 12.2. The van der Waals surface area contributed by atoms with Crippen LogP contribution in [0.25, 0.3) is 0 Å². The fourth-order valence-electron chi connectivity index (χ4n) is 1.92. The number of aliphatic hydroxyl groups is 1. The molecule has 2 N–H and O–H groups in total. The van der Waals surface area contributed by atoms with Gasteiger partial charge in [0.15, 0.2) is 0 Å². The molecule has 2 heterocycles. The van der Waals surface area contributed by atoms with E-state index in [1.54, 1.807) is 12.3 Å². The first-order valence-corrected chi connectivity index (χ1v) is 7.67. The van der Waals surface area contributed by atoms with Crippen LogP contribution in [0.15, 0.2) is 29.1 Å². The van der Waals surface area contributed by atoms with E-state index in [1.807, 2.05) is 35.2 Å². The Morgan fingerprint density at radius 1 is 1.55 bits per heavy atom. The van der Waals surface area contributed by atoms with Crippen LogP contribution < -0.4 is 5.32 Å². The van der Waals surface area contributed by atoms with Gasteiger partial charge < -0.3 is 15.0 Å². The Morgan fingerprint density at radius 2 is 2.30 bits per heavy atom. The van der Waals surface area contributed by atoms with Crippen LogP contribution in [0.5, 0.6) is 0 Å². The summed E-state index contributed by atoms with van der Waals surface area (Å²) in [5.74, 6) is -0.236. The zero-order valence-corrected chi connectivity index (χ0v) is 12.9. The predicted molar refractivity (Wildman–Crippen MR) is 81.4 cm³/mol. The monoisotopic (exact) mass is 312 g/mol. The Labute approximate surface area is 127 Å². The molecular formula is C14H17ClN2O2S. The van der Waals surface area contributed by atoms with E-state index in [-0.39, 0.29) is 18.5 Å². The third-order valence-corrected chi connectivity index (χ3v) is 3.90. The van der Waals surface area contributed by atoms with E-state index < -0.39 is 6.10 Å². The second-order valence-corrected chi connectivity index (χ2v) is 6.04. The summed E-state index contributed by atoms with van der Waals surface area (Å²) in [6, 6.07) is 3.62. The molecule has 2 rings (SSSR count). The van der Waals surface area contributed by atoms with Crippen LogP contribution in [0.2, 0.25) is 5.02 Å². The average molecular weight is 313 g/mol. The van der Waals surface area contributed by atoms with Crippen molar-refractivity contribution in [2.45, 2.75) is 26.0 Å². The molecule has 0 saturated heterocycles. The van der Waals surface area contributed by atoms with Crippen molar-refractivity contribution in [3.63, 3.8) is 0 Å². The number of nitrogens with one attached hydrogen (secondary N) is 1. The topological polar surface area (TPSA) is 54.3 Å². The maximum atomic E-state index is 12.2. The summed E-state index contributed by atoms with van der Waals surface area (Å²) < 4.78 is 1.81. The quantitative estimate of drug-likeness (QED) is 0.890. The van der Waals surface area contributed by atoms with Crippen molar-refractivity contribution in [1.82, 2.24) is 9.88 Å². The van der Waals surface area contributed by atoms with Crippen molar-refractivity contribution >= 4 is 28.8 Å². The molecule has 0 radical (unpaired) electrons. The fraction of sp³-hybridized carbons (Fsp3) is 0.357. The summed E-state index contributed by atoms with van der Waals surface area (Å²) in [7, 11) is 0. The lowest BCUT2D eigenvalue weighted by Crippen LogP contribution is -2.30. The number of carbonyl (C=O) groups excluding carboxylic acids is 1. The molecule has 0 aliphatic rings. The van der Waals surface area contributed by atoms with Crippen molar-refractivity contribution in [3.05, 3.63) is 45.4 Å². The van der Waals surface area contributed by atoms with E-state index in [0.717, 1.165) is 5.56 Å². The average Bonchev–Trinajstić information content (AvgIpc) is 3.04. The van der Waals surface area contributed by atoms with E-state index in [2.05, 4.69) is 5.32 Å². The van der Waals surface area contributed by atoms with Gasteiger partial charge >= 0.3 is 0 Å². The number of hydrogen-bond donors (Lipinski definition) is 2. The summed E-state index contributed by atoms with van der Waals surface area (Å²) in [5.41, 5.74) is 1.31. The molecule has 0 bridgehead atoms.